The lowest BCUT2D eigenvalue weighted by Gasteiger charge is -2.07. The van der Waals surface area contributed by atoms with Crippen LogP contribution in [0.5, 0.6) is 0 Å². The number of carbonyl (C=O) groups excluding carboxylic acids is 1. The second-order valence-corrected chi connectivity index (χ2v) is 4.66. The monoisotopic (exact) mass is 314 g/mol. The number of ether oxygens (including phenoxy) is 1. The van der Waals surface area contributed by atoms with Gasteiger partial charge in [0.2, 0.25) is 0 Å². The predicted octanol–water partition coefficient (Wildman–Crippen LogP) is 4.54. The number of hydrogen-bond donors (Lipinski definition) is 0. The van der Waals surface area contributed by atoms with Crippen molar-refractivity contribution in [3.05, 3.63) is 33.8 Å². The van der Waals surface area contributed by atoms with E-state index in [4.69, 9.17) is 27.9 Å². The lowest BCUT2D eigenvalue weighted by Crippen LogP contribution is -2.13. The summed E-state index contributed by atoms with van der Waals surface area (Å²) in [6.07, 6.45) is -5.32. The molecule has 0 radical (unpaired) electrons. The molecule has 1 aromatic carbocycles. The molecule has 0 atom stereocenters. The second kappa shape index (κ2) is 7.12. The molecule has 2 nitrogen and oxygen atoms in total. The molecule has 7 heteroatoms. The number of hydrogen-bond acceptors (Lipinski definition) is 2. The molecule has 1 rings (SSSR count). The molecule has 0 saturated heterocycles. The second-order valence-electron chi connectivity index (χ2n) is 3.82. The van der Waals surface area contributed by atoms with Gasteiger partial charge in [0.15, 0.2) is 5.78 Å². The summed E-state index contributed by atoms with van der Waals surface area (Å²) in [6, 6.07) is 4.40. The van der Waals surface area contributed by atoms with Crippen LogP contribution in [0.15, 0.2) is 18.2 Å². The van der Waals surface area contributed by atoms with Crippen molar-refractivity contribution in [2.24, 2.45) is 0 Å². The molecule has 0 saturated carbocycles. The Balaban J connectivity index is 2.38. The van der Waals surface area contributed by atoms with E-state index in [-0.39, 0.29) is 30.2 Å². The zero-order valence-electron chi connectivity index (χ0n) is 9.77. The van der Waals surface area contributed by atoms with Crippen molar-refractivity contribution in [2.45, 2.75) is 19.0 Å². The van der Waals surface area contributed by atoms with E-state index in [0.29, 0.717) is 5.02 Å². The molecule has 106 valence electrons. The van der Waals surface area contributed by atoms with Gasteiger partial charge in [0.05, 0.1) is 5.02 Å². The van der Waals surface area contributed by atoms with Crippen LogP contribution in [0, 0.1) is 0 Å². The molecule has 19 heavy (non-hydrogen) atoms. The van der Waals surface area contributed by atoms with Gasteiger partial charge in [0, 0.05) is 23.6 Å². The Morgan fingerprint density at radius 1 is 1.26 bits per heavy atom. The Hall–Kier alpha value is -0.780. The van der Waals surface area contributed by atoms with Gasteiger partial charge < -0.3 is 4.74 Å². The van der Waals surface area contributed by atoms with E-state index in [1.807, 2.05) is 0 Å². The molecular weight excluding hydrogens is 304 g/mol. The van der Waals surface area contributed by atoms with Gasteiger partial charge in [0.1, 0.15) is 6.61 Å². The molecule has 0 aliphatic heterocycles. The van der Waals surface area contributed by atoms with E-state index in [1.165, 1.54) is 18.2 Å². The fourth-order valence-corrected chi connectivity index (χ4v) is 1.72. The first-order valence-corrected chi connectivity index (χ1v) is 6.18. The van der Waals surface area contributed by atoms with E-state index in [2.05, 4.69) is 0 Å². The minimum atomic E-state index is -4.20. The Labute approximate surface area is 118 Å². The predicted molar refractivity (Wildman–Crippen MR) is 66.9 cm³/mol. The third kappa shape index (κ3) is 6.27. The number of carbonyl (C=O) groups is 1. The summed E-state index contributed by atoms with van der Waals surface area (Å²) in [4.78, 5) is 11.7. The van der Waals surface area contributed by atoms with Crippen LogP contribution in [-0.4, -0.2) is 25.2 Å². The Bertz CT molecular complexity index is 447. The maximum absolute atomic E-state index is 11.8. The van der Waals surface area contributed by atoms with Crippen LogP contribution in [0.4, 0.5) is 13.2 Å². The van der Waals surface area contributed by atoms with Crippen molar-refractivity contribution in [3.8, 4) is 0 Å². The molecule has 0 aliphatic carbocycles. The van der Waals surface area contributed by atoms with Crippen molar-refractivity contribution < 1.29 is 22.7 Å². The highest BCUT2D eigenvalue weighted by Crippen LogP contribution is 2.22. The highest BCUT2D eigenvalue weighted by molar-refractivity contribution is 6.35. The normalized spacial score (nSPS) is 11.6. The van der Waals surface area contributed by atoms with Crippen LogP contribution in [0.25, 0.3) is 0 Å². The third-order valence-corrected chi connectivity index (χ3v) is 2.78. The molecule has 0 bridgehead atoms. The summed E-state index contributed by atoms with van der Waals surface area (Å²) in [7, 11) is 0. The first-order valence-electron chi connectivity index (χ1n) is 5.42. The van der Waals surface area contributed by atoms with Gasteiger partial charge in [-0.25, -0.2) is 0 Å². The molecule has 1 aromatic rings. The zero-order chi connectivity index (χ0) is 14.5. The molecule has 0 amide bonds. The Morgan fingerprint density at radius 3 is 2.58 bits per heavy atom. The van der Waals surface area contributed by atoms with Crippen LogP contribution < -0.4 is 0 Å². The molecule has 0 fully saturated rings. The molecule has 0 aromatic heterocycles. The Morgan fingerprint density at radius 2 is 1.95 bits per heavy atom. The average Bonchev–Trinajstić information content (AvgIpc) is 2.30. The quantitative estimate of drug-likeness (QED) is 0.569. The van der Waals surface area contributed by atoms with Crippen LogP contribution >= 0.6 is 23.2 Å². The van der Waals surface area contributed by atoms with Gasteiger partial charge in [-0.2, -0.15) is 13.2 Å². The highest BCUT2D eigenvalue weighted by atomic mass is 35.5. The lowest BCUT2D eigenvalue weighted by atomic mass is 10.1. The SMILES string of the molecule is O=C(COCCCC(F)(F)F)c1cc(Cl)ccc1Cl. The number of benzene rings is 1. The van der Waals surface area contributed by atoms with Crippen molar-refractivity contribution in [1.29, 1.82) is 0 Å². The van der Waals surface area contributed by atoms with Gasteiger partial charge in [-0.05, 0) is 24.6 Å². The van der Waals surface area contributed by atoms with E-state index >= 15 is 0 Å². The van der Waals surface area contributed by atoms with Crippen molar-refractivity contribution >= 4 is 29.0 Å². The summed E-state index contributed by atoms with van der Waals surface area (Å²) in [5, 5.41) is 0.582. The van der Waals surface area contributed by atoms with Crippen molar-refractivity contribution in [2.75, 3.05) is 13.2 Å². The number of Topliss-reactive ketones (excluding diaryl/α,β-unsaturated/α-hetero) is 1. The minimum Gasteiger partial charge on any atom is -0.373 e. The van der Waals surface area contributed by atoms with E-state index in [1.54, 1.807) is 0 Å². The molecule has 0 spiro atoms. The number of alkyl halides is 3. The standard InChI is InChI=1S/C12H11Cl2F3O2/c13-8-2-3-10(14)9(6-8)11(18)7-19-5-1-4-12(15,16)17/h2-3,6H,1,4-5,7H2. The fraction of sp³-hybridized carbons (Fsp3) is 0.417. The Kier molecular flexibility index (Phi) is 6.10. The maximum atomic E-state index is 11.8. The molecule has 0 N–H and O–H groups in total. The molecule has 0 aliphatic rings. The van der Waals surface area contributed by atoms with E-state index < -0.39 is 18.4 Å². The smallest absolute Gasteiger partial charge is 0.373 e. The average molecular weight is 315 g/mol. The largest absolute Gasteiger partial charge is 0.389 e. The van der Waals surface area contributed by atoms with Crippen molar-refractivity contribution in [3.63, 3.8) is 0 Å². The topological polar surface area (TPSA) is 26.3 Å². The van der Waals surface area contributed by atoms with Crippen LogP contribution in [-0.2, 0) is 4.74 Å². The van der Waals surface area contributed by atoms with Gasteiger partial charge in [-0.15, -0.1) is 0 Å². The van der Waals surface area contributed by atoms with Crippen LogP contribution in [0.2, 0.25) is 10.0 Å². The van der Waals surface area contributed by atoms with Crippen LogP contribution in [0.1, 0.15) is 23.2 Å². The van der Waals surface area contributed by atoms with Gasteiger partial charge in [0.25, 0.3) is 0 Å². The van der Waals surface area contributed by atoms with E-state index in [0.717, 1.165) is 0 Å². The molecule has 0 heterocycles. The maximum Gasteiger partial charge on any atom is 0.389 e. The number of ketones is 1. The number of rotatable bonds is 6. The first kappa shape index (κ1) is 16.3. The molecule has 0 unspecified atom stereocenters. The summed E-state index contributed by atoms with van der Waals surface area (Å²) >= 11 is 11.5. The minimum absolute atomic E-state index is 0.135. The number of halogens is 5. The van der Waals surface area contributed by atoms with E-state index in [9.17, 15) is 18.0 Å². The first-order chi connectivity index (χ1) is 8.79. The van der Waals surface area contributed by atoms with Crippen molar-refractivity contribution in [1.82, 2.24) is 0 Å². The summed E-state index contributed by atoms with van der Waals surface area (Å²) in [6.45, 7) is -0.457. The van der Waals surface area contributed by atoms with Gasteiger partial charge in [-0.3, -0.25) is 4.79 Å². The zero-order valence-corrected chi connectivity index (χ0v) is 11.3. The summed E-state index contributed by atoms with van der Waals surface area (Å²) < 4.78 is 40.4. The third-order valence-electron chi connectivity index (χ3n) is 2.21. The van der Waals surface area contributed by atoms with Gasteiger partial charge in [-0.1, -0.05) is 23.2 Å². The molecular formula is C12H11Cl2F3O2. The highest BCUT2D eigenvalue weighted by Gasteiger charge is 2.26. The summed E-state index contributed by atoms with van der Waals surface area (Å²) in [5.41, 5.74) is 0.199. The fourth-order valence-electron chi connectivity index (χ4n) is 1.33. The van der Waals surface area contributed by atoms with Gasteiger partial charge >= 0.3 is 6.18 Å². The van der Waals surface area contributed by atoms with Crippen LogP contribution in [0.3, 0.4) is 0 Å². The summed E-state index contributed by atoms with van der Waals surface area (Å²) in [5.74, 6) is -0.417. The lowest BCUT2D eigenvalue weighted by molar-refractivity contribution is -0.137.